The van der Waals surface area contributed by atoms with E-state index >= 15 is 0 Å². The predicted octanol–water partition coefficient (Wildman–Crippen LogP) is 0.926. The average molecular weight is 275 g/mol. The van der Waals surface area contributed by atoms with Gasteiger partial charge in [0.25, 0.3) is 0 Å². The first-order valence-electron chi connectivity index (χ1n) is 7.23. The number of carbonyl (C=O) groups is 1. The topological polar surface area (TPSA) is 67.6 Å². The van der Waals surface area contributed by atoms with Gasteiger partial charge in [0.1, 0.15) is 0 Å². The number of nitrogens with one attached hydrogen (secondary N) is 1. The number of nitrogens with zero attached hydrogens (tertiary/aromatic N) is 1. The highest BCUT2D eigenvalue weighted by molar-refractivity contribution is 5.82. The lowest BCUT2D eigenvalue weighted by molar-refractivity contribution is -0.121. The van der Waals surface area contributed by atoms with Crippen molar-refractivity contribution in [3.63, 3.8) is 0 Å². The number of benzene rings is 1. The van der Waals surface area contributed by atoms with Crippen molar-refractivity contribution < 1.29 is 9.53 Å². The minimum absolute atomic E-state index is 0.0987. The molecule has 5 nitrogen and oxygen atoms in total. The molecule has 0 radical (unpaired) electrons. The maximum Gasteiger partial charge on any atom is 0.239 e. The largest absolute Gasteiger partial charge is 0.399 e. The van der Waals surface area contributed by atoms with Gasteiger partial charge in [-0.25, -0.2) is 0 Å². The van der Waals surface area contributed by atoms with Crippen LogP contribution in [-0.2, 0) is 16.0 Å². The molecule has 1 fully saturated rings. The van der Waals surface area contributed by atoms with Crippen LogP contribution in [-0.4, -0.2) is 38.3 Å². The van der Waals surface area contributed by atoms with Crippen molar-refractivity contribution in [2.24, 2.45) is 0 Å². The summed E-state index contributed by atoms with van der Waals surface area (Å²) >= 11 is 0. The molecule has 1 aromatic carbocycles. The Labute approximate surface area is 119 Å². The van der Waals surface area contributed by atoms with Crippen LogP contribution in [0.5, 0.6) is 0 Å². The van der Waals surface area contributed by atoms with Gasteiger partial charge in [-0.1, -0.05) is 0 Å². The Morgan fingerprint density at radius 3 is 3.00 bits per heavy atom. The van der Waals surface area contributed by atoms with Crippen LogP contribution in [0, 0.1) is 0 Å². The second-order valence-electron chi connectivity index (χ2n) is 5.51. The Morgan fingerprint density at radius 2 is 2.20 bits per heavy atom. The zero-order valence-corrected chi connectivity index (χ0v) is 11.6. The molecule has 3 N–H and O–H groups in total. The summed E-state index contributed by atoms with van der Waals surface area (Å²) in [6, 6.07) is 6.18. The smallest absolute Gasteiger partial charge is 0.239 e. The summed E-state index contributed by atoms with van der Waals surface area (Å²) in [5, 5.41) is 3.10. The molecule has 0 saturated carbocycles. The molecule has 2 heterocycles. The fourth-order valence-electron chi connectivity index (χ4n) is 2.94. The van der Waals surface area contributed by atoms with Gasteiger partial charge in [0.15, 0.2) is 0 Å². The van der Waals surface area contributed by atoms with Crippen LogP contribution >= 0.6 is 0 Å². The summed E-state index contributed by atoms with van der Waals surface area (Å²) in [6.07, 6.45) is 2.79. The third-order valence-electron chi connectivity index (χ3n) is 4.02. The van der Waals surface area contributed by atoms with Gasteiger partial charge in [0.05, 0.1) is 6.54 Å². The van der Waals surface area contributed by atoms with E-state index in [2.05, 4.69) is 10.2 Å². The second kappa shape index (κ2) is 5.71. The van der Waals surface area contributed by atoms with Gasteiger partial charge in [0, 0.05) is 37.2 Å². The molecular weight excluding hydrogens is 254 g/mol. The van der Waals surface area contributed by atoms with Gasteiger partial charge in [-0.2, -0.15) is 0 Å². The molecule has 5 heteroatoms. The minimum Gasteiger partial charge on any atom is -0.399 e. The van der Waals surface area contributed by atoms with Crippen molar-refractivity contribution in [2.75, 3.05) is 36.9 Å². The van der Waals surface area contributed by atoms with Gasteiger partial charge in [-0.15, -0.1) is 0 Å². The highest BCUT2D eigenvalue weighted by atomic mass is 16.5. The Hall–Kier alpha value is -1.75. The fourth-order valence-corrected chi connectivity index (χ4v) is 2.94. The van der Waals surface area contributed by atoms with E-state index in [1.54, 1.807) is 0 Å². The lowest BCUT2D eigenvalue weighted by atomic mass is 10.1. The van der Waals surface area contributed by atoms with Crippen molar-refractivity contribution in [3.05, 3.63) is 23.8 Å². The summed E-state index contributed by atoms with van der Waals surface area (Å²) in [4.78, 5) is 14.3. The summed E-state index contributed by atoms with van der Waals surface area (Å²) in [5.74, 6) is 0.0987. The first kappa shape index (κ1) is 13.2. The van der Waals surface area contributed by atoms with Crippen LogP contribution in [0.2, 0.25) is 0 Å². The summed E-state index contributed by atoms with van der Waals surface area (Å²) in [7, 11) is 0. The first-order valence-corrected chi connectivity index (χ1v) is 7.23. The number of amides is 1. The van der Waals surface area contributed by atoms with E-state index in [4.69, 9.17) is 10.5 Å². The molecule has 0 spiro atoms. The zero-order valence-electron chi connectivity index (χ0n) is 11.6. The number of fused-ring (bicyclic) bond motifs is 1. The number of rotatable bonds is 3. The van der Waals surface area contributed by atoms with Crippen LogP contribution < -0.4 is 16.0 Å². The standard InChI is InChI=1S/C15H21N3O2/c16-12-1-2-14-11(9-12)3-6-18(14)10-15(19)17-13-4-7-20-8-5-13/h1-2,9,13H,3-8,10,16H2,(H,17,19). The maximum atomic E-state index is 12.1. The van der Waals surface area contributed by atoms with E-state index in [-0.39, 0.29) is 11.9 Å². The lowest BCUT2D eigenvalue weighted by Crippen LogP contribution is -2.44. The van der Waals surface area contributed by atoms with Crippen LogP contribution in [0.15, 0.2) is 18.2 Å². The summed E-state index contributed by atoms with van der Waals surface area (Å²) < 4.78 is 5.30. The zero-order chi connectivity index (χ0) is 13.9. The molecule has 3 rings (SSSR count). The van der Waals surface area contributed by atoms with Gasteiger partial charge in [-0.3, -0.25) is 4.79 Å². The average Bonchev–Trinajstić information content (AvgIpc) is 2.82. The van der Waals surface area contributed by atoms with Crippen molar-refractivity contribution in [3.8, 4) is 0 Å². The van der Waals surface area contributed by atoms with Crippen molar-refractivity contribution in [2.45, 2.75) is 25.3 Å². The van der Waals surface area contributed by atoms with E-state index in [0.29, 0.717) is 6.54 Å². The number of hydrogen-bond donors (Lipinski definition) is 2. The fraction of sp³-hybridized carbons (Fsp3) is 0.533. The number of nitrogens with two attached hydrogens (primary N) is 1. The molecule has 0 bridgehead atoms. The molecule has 1 amide bonds. The Kier molecular flexibility index (Phi) is 3.78. The molecule has 2 aliphatic rings. The van der Waals surface area contributed by atoms with Gasteiger partial charge in [0.2, 0.25) is 5.91 Å². The van der Waals surface area contributed by atoms with Crippen LogP contribution in [0.25, 0.3) is 0 Å². The van der Waals surface area contributed by atoms with Gasteiger partial charge >= 0.3 is 0 Å². The lowest BCUT2D eigenvalue weighted by Gasteiger charge is -2.25. The van der Waals surface area contributed by atoms with Gasteiger partial charge < -0.3 is 20.7 Å². The molecular formula is C15H21N3O2. The van der Waals surface area contributed by atoms with E-state index < -0.39 is 0 Å². The molecule has 20 heavy (non-hydrogen) atoms. The Bertz CT molecular complexity index is 498. The quantitative estimate of drug-likeness (QED) is 0.805. The molecule has 2 aliphatic heterocycles. The maximum absolute atomic E-state index is 12.1. The van der Waals surface area contributed by atoms with E-state index in [1.165, 1.54) is 5.56 Å². The van der Waals surface area contributed by atoms with Crippen LogP contribution in [0.4, 0.5) is 11.4 Å². The SMILES string of the molecule is Nc1ccc2c(c1)CCN2CC(=O)NC1CCOCC1. The Morgan fingerprint density at radius 1 is 1.40 bits per heavy atom. The van der Waals surface area contributed by atoms with Crippen molar-refractivity contribution in [1.29, 1.82) is 0 Å². The Balaban J connectivity index is 1.58. The summed E-state index contributed by atoms with van der Waals surface area (Å²) in [6.45, 7) is 2.81. The molecule has 0 aromatic heterocycles. The third-order valence-corrected chi connectivity index (χ3v) is 4.02. The van der Waals surface area contributed by atoms with E-state index in [1.807, 2.05) is 18.2 Å². The molecule has 1 saturated heterocycles. The monoisotopic (exact) mass is 275 g/mol. The van der Waals surface area contributed by atoms with Crippen molar-refractivity contribution >= 4 is 17.3 Å². The molecule has 1 aromatic rings. The van der Waals surface area contributed by atoms with Crippen molar-refractivity contribution in [1.82, 2.24) is 5.32 Å². The predicted molar refractivity (Wildman–Crippen MR) is 78.8 cm³/mol. The number of ether oxygens (including phenoxy) is 1. The van der Waals surface area contributed by atoms with E-state index in [9.17, 15) is 4.79 Å². The van der Waals surface area contributed by atoms with Crippen LogP contribution in [0.3, 0.4) is 0 Å². The molecule has 0 unspecified atom stereocenters. The number of anilines is 2. The number of nitrogen functional groups attached to an aromatic ring is 1. The number of hydrogen-bond acceptors (Lipinski definition) is 4. The minimum atomic E-state index is 0.0987. The first-order chi connectivity index (χ1) is 9.72. The highest BCUT2D eigenvalue weighted by Gasteiger charge is 2.23. The summed E-state index contributed by atoms with van der Waals surface area (Å²) in [5.41, 5.74) is 8.96. The third kappa shape index (κ3) is 2.88. The molecule has 108 valence electrons. The number of carbonyl (C=O) groups excluding carboxylic acids is 1. The molecule has 0 atom stereocenters. The van der Waals surface area contributed by atoms with Gasteiger partial charge in [-0.05, 0) is 43.0 Å². The van der Waals surface area contributed by atoms with E-state index in [0.717, 1.165) is 50.4 Å². The highest BCUT2D eigenvalue weighted by Crippen LogP contribution is 2.29. The second-order valence-corrected chi connectivity index (χ2v) is 5.51. The van der Waals surface area contributed by atoms with Crippen LogP contribution in [0.1, 0.15) is 18.4 Å². The molecule has 0 aliphatic carbocycles. The normalized spacial score (nSPS) is 18.9.